The first-order valence-electron chi connectivity index (χ1n) is 10.9. The van der Waals surface area contributed by atoms with Crippen molar-refractivity contribution in [3.8, 4) is 11.1 Å². The second-order valence-corrected chi connectivity index (χ2v) is 8.26. The van der Waals surface area contributed by atoms with Crippen LogP contribution in [-0.2, 0) is 13.1 Å². The lowest BCUT2D eigenvalue weighted by Crippen LogP contribution is -2.35. The molecule has 0 spiro atoms. The predicted octanol–water partition coefficient (Wildman–Crippen LogP) is 6.15. The normalized spacial score (nSPS) is 10.7. The SMILES string of the molecule is Cc1ccccc1CN(CCCn1ccnc1)C(=S)Nc1ccc(-c2ccccc2)cc1. The highest BCUT2D eigenvalue weighted by atomic mass is 32.1. The van der Waals surface area contributed by atoms with Gasteiger partial charge in [0.1, 0.15) is 0 Å². The average Bonchev–Trinajstić information content (AvgIpc) is 3.34. The summed E-state index contributed by atoms with van der Waals surface area (Å²) < 4.78 is 2.10. The molecule has 0 aliphatic rings. The van der Waals surface area contributed by atoms with Gasteiger partial charge in [0.2, 0.25) is 0 Å². The number of thiocarbonyl (C=S) groups is 1. The molecule has 0 amide bonds. The molecular weight excluding hydrogens is 412 g/mol. The van der Waals surface area contributed by atoms with Gasteiger partial charge in [-0.3, -0.25) is 0 Å². The number of imidazole rings is 1. The van der Waals surface area contributed by atoms with E-state index in [1.165, 1.54) is 22.3 Å². The van der Waals surface area contributed by atoms with E-state index in [0.717, 1.165) is 36.9 Å². The Hall–Kier alpha value is -3.44. The molecule has 4 rings (SSSR count). The first kappa shape index (κ1) is 21.8. The van der Waals surface area contributed by atoms with Gasteiger partial charge in [0.25, 0.3) is 0 Å². The Labute approximate surface area is 195 Å². The molecule has 5 heteroatoms. The number of nitrogens with zero attached hydrogens (tertiary/aromatic N) is 3. The molecule has 1 N–H and O–H groups in total. The van der Waals surface area contributed by atoms with E-state index in [2.05, 4.69) is 99.5 Å². The van der Waals surface area contributed by atoms with E-state index in [-0.39, 0.29) is 0 Å². The molecule has 0 radical (unpaired) electrons. The lowest BCUT2D eigenvalue weighted by molar-refractivity contribution is 0.395. The van der Waals surface area contributed by atoms with Gasteiger partial charge in [-0.05, 0) is 59.9 Å². The van der Waals surface area contributed by atoms with Gasteiger partial charge in [-0.25, -0.2) is 4.98 Å². The molecule has 0 aliphatic carbocycles. The summed E-state index contributed by atoms with van der Waals surface area (Å²) in [5.74, 6) is 0. The summed E-state index contributed by atoms with van der Waals surface area (Å²) in [4.78, 5) is 6.38. The molecule has 0 fully saturated rings. The summed E-state index contributed by atoms with van der Waals surface area (Å²) in [5.41, 5.74) is 5.97. The Morgan fingerprint density at radius 2 is 1.66 bits per heavy atom. The van der Waals surface area contributed by atoms with Crippen LogP contribution in [0.5, 0.6) is 0 Å². The van der Waals surface area contributed by atoms with Gasteiger partial charge in [0, 0.05) is 37.7 Å². The van der Waals surface area contributed by atoms with Crippen molar-refractivity contribution in [2.75, 3.05) is 11.9 Å². The number of benzene rings is 3. The van der Waals surface area contributed by atoms with Crippen LogP contribution in [-0.4, -0.2) is 26.1 Å². The van der Waals surface area contributed by atoms with E-state index in [1.807, 2.05) is 24.8 Å². The van der Waals surface area contributed by atoms with Crippen molar-refractivity contribution in [3.05, 3.63) is 109 Å². The fourth-order valence-electron chi connectivity index (χ4n) is 3.69. The van der Waals surface area contributed by atoms with E-state index in [9.17, 15) is 0 Å². The minimum absolute atomic E-state index is 0.742. The van der Waals surface area contributed by atoms with Crippen molar-refractivity contribution in [1.82, 2.24) is 14.5 Å². The number of aryl methyl sites for hydroxylation is 2. The second-order valence-electron chi connectivity index (χ2n) is 7.88. The summed E-state index contributed by atoms with van der Waals surface area (Å²) >= 11 is 5.84. The Morgan fingerprint density at radius 3 is 2.38 bits per heavy atom. The Kier molecular flexibility index (Phi) is 7.31. The van der Waals surface area contributed by atoms with Crippen LogP contribution in [0.3, 0.4) is 0 Å². The second kappa shape index (κ2) is 10.7. The van der Waals surface area contributed by atoms with Gasteiger partial charge in [0.15, 0.2) is 5.11 Å². The lowest BCUT2D eigenvalue weighted by atomic mass is 10.1. The van der Waals surface area contributed by atoms with Crippen LogP contribution in [0, 0.1) is 6.92 Å². The first-order valence-corrected chi connectivity index (χ1v) is 11.3. The Morgan fingerprint density at radius 1 is 0.938 bits per heavy atom. The Bertz CT molecular complexity index is 1120. The van der Waals surface area contributed by atoms with Gasteiger partial charge in [-0.2, -0.15) is 0 Å². The molecule has 4 aromatic rings. The van der Waals surface area contributed by atoms with Crippen molar-refractivity contribution in [1.29, 1.82) is 0 Å². The third-order valence-corrected chi connectivity index (χ3v) is 5.92. The number of hydrogen-bond donors (Lipinski definition) is 1. The highest BCUT2D eigenvalue weighted by Crippen LogP contribution is 2.21. The third kappa shape index (κ3) is 5.83. The van der Waals surface area contributed by atoms with Crippen molar-refractivity contribution in [3.63, 3.8) is 0 Å². The van der Waals surface area contributed by atoms with Crippen LogP contribution in [0.1, 0.15) is 17.5 Å². The van der Waals surface area contributed by atoms with Crippen LogP contribution in [0.2, 0.25) is 0 Å². The highest BCUT2D eigenvalue weighted by molar-refractivity contribution is 7.80. The predicted molar refractivity (Wildman–Crippen MR) is 137 cm³/mol. The summed E-state index contributed by atoms with van der Waals surface area (Å²) in [6.07, 6.45) is 6.65. The van der Waals surface area contributed by atoms with Gasteiger partial charge >= 0.3 is 0 Å². The van der Waals surface area contributed by atoms with Crippen LogP contribution in [0.4, 0.5) is 5.69 Å². The molecule has 0 saturated heterocycles. The molecule has 0 aliphatic heterocycles. The molecule has 0 unspecified atom stereocenters. The maximum atomic E-state index is 5.84. The minimum Gasteiger partial charge on any atom is -0.345 e. The number of hydrogen-bond acceptors (Lipinski definition) is 2. The zero-order valence-corrected chi connectivity index (χ0v) is 19.1. The van der Waals surface area contributed by atoms with Gasteiger partial charge in [0.05, 0.1) is 6.33 Å². The summed E-state index contributed by atoms with van der Waals surface area (Å²) in [6, 6.07) is 27.3. The minimum atomic E-state index is 0.742. The van der Waals surface area contributed by atoms with Gasteiger partial charge in [-0.15, -0.1) is 0 Å². The average molecular weight is 441 g/mol. The maximum absolute atomic E-state index is 5.84. The number of rotatable bonds is 8. The van der Waals surface area contributed by atoms with E-state index in [0.29, 0.717) is 0 Å². The topological polar surface area (TPSA) is 33.1 Å². The summed E-state index contributed by atoms with van der Waals surface area (Å²) in [7, 11) is 0. The van der Waals surface area contributed by atoms with E-state index in [4.69, 9.17) is 12.2 Å². The standard InChI is InChI=1S/C27H28N4S/c1-22-8-5-6-11-25(22)20-31(18-7-17-30-19-16-28-21-30)27(32)29-26-14-12-24(13-15-26)23-9-3-2-4-10-23/h2-6,8-16,19,21H,7,17-18,20H2,1H3,(H,29,32). The van der Waals surface area contributed by atoms with E-state index < -0.39 is 0 Å². The highest BCUT2D eigenvalue weighted by Gasteiger charge is 2.12. The number of anilines is 1. The van der Waals surface area contributed by atoms with Crippen LogP contribution < -0.4 is 5.32 Å². The number of nitrogens with one attached hydrogen (secondary N) is 1. The largest absolute Gasteiger partial charge is 0.345 e. The molecule has 0 bridgehead atoms. The fraction of sp³-hybridized carbons (Fsp3) is 0.185. The molecule has 1 heterocycles. The summed E-state index contributed by atoms with van der Waals surface area (Å²) in [6.45, 7) is 4.71. The quantitative estimate of drug-likeness (QED) is 0.333. The fourth-order valence-corrected chi connectivity index (χ4v) is 3.96. The Balaban J connectivity index is 1.44. The number of aromatic nitrogens is 2. The van der Waals surface area contributed by atoms with Crippen molar-refractivity contribution in [2.24, 2.45) is 0 Å². The zero-order chi connectivity index (χ0) is 22.2. The molecule has 0 atom stereocenters. The monoisotopic (exact) mass is 440 g/mol. The lowest BCUT2D eigenvalue weighted by Gasteiger charge is -2.27. The molecule has 32 heavy (non-hydrogen) atoms. The molecule has 162 valence electrons. The van der Waals surface area contributed by atoms with Crippen LogP contribution >= 0.6 is 12.2 Å². The maximum Gasteiger partial charge on any atom is 0.173 e. The smallest absolute Gasteiger partial charge is 0.173 e. The van der Waals surface area contributed by atoms with Gasteiger partial charge in [-0.1, -0.05) is 66.7 Å². The first-order chi connectivity index (χ1) is 15.7. The van der Waals surface area contributed by atoms with Crippen molar-refractivity contribution >= 4 is 23.0 Å². The van der Waals surface area contributed by atoms with Crippen molar-refractivity contribution < 1.29 is 0 Å². The third-order valence-electron chi connectivity index (χ3n) is 5.56. The molecule has 4 nitrogen and oxygen atoms in total. The van der Waals surface area contributed by atoms with E-state index in [1.54, 1.807) is 0 Å². The van der Waals surface area contributed by atoms with Gasteiger partial charge < -0.3 is 14.8 Å². The van der Waals surface area contributed by atoms with Crippen molar-refractivity contribution in [2.45, 2.75) is 26.4 Å². The zero-order valence-electron chi connectivity index (χ0n) is 18.3. The van der Waals surface area contributed by atoms with Crippen LogP contribution in [0.25, 0.3) is 11.1 Å². The summed E-state index contributed by atoms with van der Waals surface area (Å²) in [5, 5.41) is 4.18. The van der Waals surface area contributed by atoms with Crippen LogP contribution in [0.15, 0.2) is 97.6 Å². The van der Waals surface area contributed by atoms with E-state index >= 15 is 0 Å². The molecule has 3 aromatic carbocycles. The molecule has 1 aromatic heterocycles. The molecule has 0 saturated carbocycles. The molecular formula is C27H28N4S.